The summed E-state index contributed by atoms with van der Waals surface area (Å²) in [6.45, 7) is 3.82. The normalized spacial score (nSPS) is 18.2. The third kappa shape index (κ3) is 2.95. The molecule has 1 N–H and O–H groups in total. The maximum atomic E-state index is 13.6. The number of anilines is 1. The molecule has 0 aliphatic carbocycles. The molecule has 0 aromatic heterocycles. The van der Waals surface area contributed by atoms with E-state index in [0.29, 0.717) is 43.6 Å². The summed E-state index contributed by atoms with van der Waals surface area (Å²) in [5.41, 5.74) is 1.26. The number of rotatable bonds is 2. The molecule has 2 aromatic rings. The van der Waals surface area contributed by atoms with Crippen LogP contribution in [-0.2, 0) is 0 Å². The lowest BCUT2D eigenvalue weighted by Gasteiger charge is -2.52. The molecule has 2 heterocycles. The first kappa shape index (κ1) is 17.5. The number of fused-ring (bicyclic) bond motifs is 1. The van der Waals surface area contributed by atoms with Crippen LogP contribution < -0.4 is 10.2 Å². The summed E-state index contributed by atoms with van der Waals surface area (Å²) < 4.78 is 13.6. The summed E-state index contributed by atoms with van der Waals surface area (Å²) >= 11 is 0. The van der Waals surface area contributed by atoms with E-state index in [0.717, 1.165) is 5.69 Å². The summed E-state index contributed by atoms with van der Waals surface area (Å²) in [6, 6.07) is 13.6. The molecular weight excluding hydrogens is 345 g/mol. The van der Waals surface area contributed by atoms with Gasteiger partial charge in [-0.05, 0) is 37.3 Å². The van der Waals surface area contributed by atoms with Gasteiger partial charge < -0.3 is 15.1 Å². The number of benzene rings is 2. The van der Waals surface area contributed by atoms with Crippen LogP contribution in [0, 0.1) is 5.82 Å². The van der Waals surface area contributed by atoms with E-state index in [-0.39, 0.29) is 11.8 Å². The molecule has 27 heavy (non-hydrogen) atoms. The third-order valence-corrected chi connectivity index (χ3v) is 5.57. The molecular formula is C21H22FN3O2. The Balaban J connectivity index is 1.57. The molecule has 6 heteroatoms. The zero-order valence-corrected chi connectivity index (χ0v) is 15.2. The molecule has 140 valence electrons. The molecule has 0 atom stereocenters. The minimum absolute atomic E-state index is 0.0121. The molecule has 2 aliphatic rings. The number of hydrogen-bond acceptors (Lipinski definition) is 3. The SMILES string of the molecule is CCN1c2ccc(F)cc2C(=O)NC12CCN(C(=O)c1ccccc1)CC2. The van der Waals surface area contributed by atoms with Crippen LogP contribution >= 0.6 is 0 Å². The second-order valence-electron chi connectivity index (χ2n) is 7.05. The van der Waals surface area contributed by atoms with Gasteiger partial charge in [0.25, 0.3) is 11.8 Å². The first-order valence-corrected chi connectivity index (χ1v) is 9.28. The number of halogens is 1. The predicted molar refractivity (Wildman–Crippen MR) is 101 cm³/mol. The number of likely N-dealkylation sites (tertiary alicyclic amines) is 1. The van der Waals surface area contributed by atoms with Crippen molar-refractivity contribution in [2.75, 3.05) is 24.5 Å². The Labute approximate surface area is 157 Å². The van der Waals surface area contributed by atoms with Gasteiger partial charge in [-0.1, -0.05) is 18.2 Å². The topological polar surface area (TPSA) is 52.7 Å². The lowest BCUT2D eigenvalue weighted by molar-refractivity contribution is 0.0603. The van der Waals surface area contributed by atoms with Crippen molar-refractivity contribution in [1.29, 1.82) is 0 Å². The van der Waals surface area contributed by atoms with Crippen molar-refractivity contribution in [3.05, 3.63) is 65.5 Å². The standard InChI is InChI=1S/C21H22FN3O2/c1-2-25-18-9-8-16(22)14-17(18)19(26)23-21(25)10-12-24(13-11-21)20(27)15-6-4-3-5-7-15/h3-9,14H,2,10-13H2,1H3,(H,23,26). The van der Waals surface area contributed by atoms with Crippen molar-refractivity contribution in [2.45, 2.75) is 25.4 Å². The molecule has 5 nitrogen and oxygen atoms in total. The van der Waals surface area contributed by atoms with Gasteiger partial charge in [-0.2, -0.15) is 0 Å². The van der Waals surface area contributed by atoms with E-state index >= 15 is 0 Å². The van der Waals surface area contributed by atoms with Gasteiger partial charge in [0.1, 0.15) is 11.5 Å². The molecule has 2 aromatic carbocycles. The number of piperidine rings is 1. The van der Waals surface area contributed by atoms with Gasteiger partial charge in [-0.3, -0.25) is 9.59 Å². The number of hydrogen-bond donors (Lipinski definition) is 1. The lowest BCUT2D eigenvalue weighted by atomic mass is 9.89. The number of nitrogens with zero attached hydrogens (tertiary/aromatic N) is 2. The Morgan fingerprint density at radius 1 is 1.15 bits per heavy atom. The van der Waals surface area contributed by atoms with Crippen molar-refractivity contribution in [3.63, 3.8) is 0 Å². The average molecular weight is 367 g/mol. The van der Waals surface area contributed by atoms with Gasteiger partial charge in [0.2, 0.25) is 0 Å². The molecule has 1 saturated heterocycles. The van der Waals surface area contributed by atoms with Crippen LogP contribution in [0.25, 0.3) is 0 Å². The van der Waals surface area contributed by atoms with Crippen LogP contribution in [0.3, 0.4) is 0 Å². The van der Waals surface area contributed by atoms with Crippen LogP contribution in [0.4, 0.5) is 10.1 Å². The maximum absolute atomic E-state index is 13.6. The number of carbonyl (C=O) groups excluding carboxylic acids is 2. The van der Waals surface area contributed by atoms with Crippen molar-refractivity contribution in [2.24, 2.45) is 0 Å². The number of amides is 2. The van der Waals surface area contributed by atoms with Gasteiger partial charge in [0.05, 0.1) is 11.3 Å². The van der Waals surface area contributed by atoms with Crippen molar-refractivity contribution in [3.8, 4) is 0 Å². The minimum Gasteiger partial charge on any atom is -0.348 e. The van der Waals surface area contributed by atoms with Crippen LogP contribution in [0.5, 0.6) is 0 Å². The van der Waals surface area contributed by atoms with E-state index in [1.165, 1.54) is 12.1 Å². The highest BCUT2D eigenvalue weighted by molar-refractivity contribution is 6.02. The van der Waals surface area contributed by atoms with Crippen molar-refractivity contribution in [1.82, 2.24) is 10.2 Å². The van der Waals surface area contributed by atoms with Crippen molar-refractivity contribution >= 4 is 17.5 Å². The quantitative estimate of drug-likeness (QED) is 0.888. The van der Waals surface area contributed by atoms with Gasteiger partial charge in [-0.15, -0.1) is 0 Å². The Bertz CT molecular complexity index is 876. The van der Waals surface area contributed by atoms with Gasteiger partial charge in [-0.25, -0.2) is 4.39 Å². The first-order valence-electron chi connectivity index (χ1n) is 9.28. The monoisotopic (exact) mass is 367 g/mol. The fourth-order valence-corrected chi connectivity index (χ4v) is 4.21. The molecule has 1 fully saturated rings. The third-order valence-electron chi connectivity index (χ3n) is 5.57. The zero-order chi connectivity index (χ0) is 19.0. The highest BCUT2D eigenvalue weighted by atomic mass is 19.1. The minimum atomic E-state index is -0.538. The number of nitrogens with one attached hydrogen (secondary N) is 1. The Morgan fingerprint density at radius 2 is 1.85 bits per heavy atom. The Hall–Kier alpha value is -2.89. The fraction of sp³-hybridized carbons (Fsp3) is 0.333. The van der Waals surface area contributed by atoms with Gasteiger partial charge >= 0.3 is 0 Å². The summed E-state index contributed by atoms with van der Waals surface area (Å²) in [4.78, 5) is 29.3. The van der Waals surface area contributed by atoms with E-state index < -0.39 is 11.5 Å². The summed E-state index contributed by atoms with van der Waals surface area (Å²) in [5.74, 6) is -0.658. The highest BCUT2D eigenvalue weighted by Crippen LogP contribution is 2.37. The van der Waals surface area contributed by atoms with E-state index in [4.69, 9.17) is 0 Å². The predicted octanol–water partition coefficient (Wildman–Crippen LogP) is 3.03. The average Bonchev–Trinajstić information content (AvgIpc) is 2.69. The summed E-state index contributed by atoms with van der Waals surface area (Å²) in [7, 11) is 0. The molecule has 0 bridgehead atoms. The molecule has 0 saturated carbocycles. The van der Waals surface area contributed by atoms with E-state index in [1.54, 1.807) is 6.07 Å². The fourth-order valence-electron chi connectivity index (χ4n) is 4.21. The maximum Gasteiger partial charge on any atom is 0.255 e. The summed E-state index contributed by atoms with van der Waals surface area (Å²) in [5, 5.41) is 3.10. The molecule has 0 radical (unpaired) electrons. The van der Waals surface area contributed by atoms with Crippen LogP contribution in [0.1, 0.15) is 40.5 Å². The second-order valence-corrected chi connectivity index (χ2v) is 7.05. The lowest BCUT2D eigenvalue weighted by Crippen LogP contribution is -2.68. The Kier molecular flexibility index (Phi) is 4.34. The second kappa shape index (κ2) is 6.68. The van der Waals surface area contributed by atoms with Crippen LogP contribution in [0.2, 0.25) is 0 Å². The largest absolute Gasteiger partial charge is 0.348 e. The molecule has 4 rings (SSSR count). The Morgan fingerprint density at radius 3 is 2.52 bits per heavy atom. The van der Waals surface area contributed by atoms with Crippen LogP contribution in [-0.4, -0.2) is 42.0 Å². The van der Waals surface area contributed by atoms with Gasteiger partial charge in [0, 0.05) is 38.0 Å². The molecule has 2 amide bonds. The van der Waals surface area contributed by atoms with E-state index in [9.17, 15) is 14.0 Å². The van der Waals surface area contributed by atoms with Crippen molar-refractivity contribution < 1.29 is 14.0 Å². The molecule has 0 unspecified atom stereocenters. The highest BCUT2D eigenvalue weighted by Gasteiger charge is 2.45. The van der Waals surface area contributed by atoms with E-state index in [1.807, 2.05) is 42.2 Å². The first-order chi connectivity index (χ1) is 13.0. The molecule has 2 aliphatic heterocycles. The zero-order valence-electron chi connectivity index (χ0n) is 15.2. The summed E-state index contributed by atoms with van der Waals surface area (Å²) in [6.07, 6.45) is 1.25. The van der Waals surface area contributed by atoms with Gasteiger partial charge in [0.15, 0.2) is 0 Å². The van der Waals surface area contributed by atoms with E-state index in [2.05, 4.69) is 10.2 Å². The number of carbonyl (C=O) groups is 2. The van der Waals surface area contributed by atoms with Crippen LogP contribution in [0.15, 0.2) is 48.5 Å². The smallest absolute Gasteiger partial charge is 0.255 e. The molecule has 1 spiro atoms.